The van der Waals surface area contributed by atoms with Crippen molar-refractivity contribution in [1.82, 2.24) is 44.1 Å². The molecule has 1 saturated carbocycles. The van der Waals surface area contributed by atoms with Gasteiger partial charge in [-0.05, 0) is 167 Å². The first kappa shape index (κ1) is 51.7. The van der Waals surface area contributed by atoms with E-state index in [1.54, 1.807) is 24.6 Å². The predicted molar refractivity (Wildman–Crippen MR) is 291 cm³/mol. The number of anilines is 1. The number of aryl methyl sites for hydroxylation is 2. The van der Waals surface area contributed by atoms with Crippen molar-refractivity contribution in [2.75, 3.05) is 70.5 Å². The number of nitrogens with one attached hydrogen (secondary N) is 1. The maximum atomic E-state index is 17.3. The fourth-order valence-electron chi connectivity index (χ4n) is 14.9. The number of halogens is 2. The highest BCUT2D eigenvalue weighted by Gasteiger charge is 2.57. The van der Waals surface area contributed by atoms with Crippen LogP contribution < -0.4 is 20.6 Å². The third-order valence-electron chi connectivity index (χ3n) is 19.1. The van der Waals surface area contributed by atoms with Gasteiger partial charge in [0.05, 0.1) is 27.6 Å². The van der Waals surface area contributed by atoms with Gasteiger partial charge in [0, 0.05) is 64.0 Å². The summed E-state index contributed by atoms with van der Waals surface area (Å²) < 4.78 is 48.3. The molecule has 3 aromatic heterocycles. The van der Waals surface area contributed by atoms with Crippen LogP contribution in [0.2, 0.25) is 0 Å². The van der Waals surface area contributed by atoms with E-state index in [9.17, 15) is 29.4 Å². The number of β-amino-alcohol motifs (C(OH)–C–C–N with tert-alkyl or cyclic N) is 1. The van der Waals surface area contributed by atoms with E-state index >= 15 is 8.78 Å². The first-order chi connectivity index (χ1) is 38.1. The molecule has 13 rings (SSSR count). The molecule has 6 atom stereocenters. The van der Waals surface area contributed by atoms with Gasteiger partial charge in [0.15, 0.2) is 5.82 Å². The third kappa shape index (κ3) is 9.14. The van der Waals surface area contributed by atoms with Crippen molar-refractivity contribution in [2.24, 2.45) is 24.8 Å². The molecule has 18 nitrogen and oxygen atoms in total. The fourth-order valence-corrected chi connectivity index (χ4v) is 14.9. The molecule has 0 bridgehead atoms. The second-order valence-corrected chi connectivity index (χ2v) is 24.0. The zero-order chi connectivity index (χ0) is 54.6. The van der Waals surface area contributed by atoms with Crippen molar-refractivity contribution in [3.63, 3.8) is 0 Å². The number of aromatic nitrogens is 5. The summed E-state index contributed by atoms with van der Waals surface area (Å²) in [6.07, 6.45) is 8.85. The van der Waals surface area contributed by atoms with Crippen molar-refractivity contribution in [2.45, 2.75) is 114 Å². The zero-order valence-corrected chi connectivity index (χ0v) is 45.1. The number of hydrogen-bond donors (Lipinski definition) is 3. The number of ether oxygens (including phenoxy) is 2. The molecule has 20 heteroatoms. The average molecular weight is 1080 g/mol. The second kappa shape index (κ2) is 19.8. The number of amides is 3. The van der Waals surface area contributed by atoms with Crippen molar-refractivity contribution in [3.05, 3.63) is 81.9 Å². The molecule has 7 fully saturated rings. The molecule has 416 valence electrons. The van der Waals surface area contributed by atoms with Crippen molar-refractivity contribution in [3.8, 4) is 23.0 Å². The highest BCUT2D eigenvalue weighted by molar-refractivity contribution is 6.02. The lowest BCUT2D eigenvalue weighted by Gasteiger charge is -2.38. The topological polar surface area (TPSA) is 201 Å². The first-order valence-corrected chi connectivity index (χ1v) is 28.4. The number of aliphatic hydroxyl groups is 1. The number of fused-ring (bicyclic) bond motifs is 5. The number of piperidine rings is 4. The highest BCUT2D eigenvalue weighted by atomic mass is 19.1. The first-order valence-electron chi connectivity index (χ1n) is 28.4. The van der Waals surface area contributed by atoms with Gasteiger partial charge in [-0.25, -0.2) is 18.4 Å². The summed E-state index contributed by atoms with van der Waals surface area (Å²) >= 11 is 0. The van der Waals surface area contributed by atoms with Crippen LogP contribution in [0.5, 0.6) is 11.8 Å². The quantitative estimate of drug-likeness (QED) is 0.106. The lowest BCUT2D eigenvalue weighted by Crippen LogP contribution is -2.48. The molecule has 6 saturated heterocycles. The van der Waals surface area contributed by atoms with Crippen LogP contribution in [0.3, 0.4) is 0 Å². The number of benzene rings is 3. The van der Waals surface area contributed by atoms with Gasteiger partial charge in [-0.3, -0.25) is 33.9 Å². The summed E-state index contributed by atoms with van der Waals surface area (Å²) in [6.45, 7) is 10.2. The Morgan fingerprint density at radius 1 is 0.924 bits per heavy atom. The molecular formula is C59H68F2N10O8. The van der Waals surface area contributed by atoms with Crippen LogP contribution in [-0.2, 0) is 27.8 Å². The summed E-state index contributed by atoms with van der Waals surface area (Å²) in [5.41, 5.74) is 1.57. The van der Waals surface area contributed by atoms with Gasteiger partial charge in [-0.15, -0.1) is 0 Å². The number of nitrogens with zero attached hydrogens (tertiary/aromatic N) is 9. The van der Waals surface area contributed by atoms with Gasteiger partial charge in [-0.1, -0.05) is 19.1 Å². The Balaban J connectivity index is 0.631. The van der Waals surface area contributed by atoms with Gasteiger partial charge in [0.25, 0.3) is 0 Å². The molecule has 6 aromatic rings. The van der Waals surface area contributed by atoms with Gasteiger partial charge in [0.2, 0.25) is 11.8 Å². The predicted octanol–water partition coefficient (Wildman–Crippen LogP) is 6.94. The maximum absolute atomic E-state index is 17.3. The number of phenolic OH excluding ortho intramolecular Hbond substituents is 1. The average Bonchev–Trinajstić information content (AvgIpc) is 4.03. The molecule has 3 N–H and O–H groups in total. The minimum absolute atomic E-state index is 0.0121. The van der Waals surface area contributed by atoms with Crippen LogP contribution in [0.1, 0.15) is 101 Å². The number of carbonyl (C=O) groups is 3. The minimum atomic E-state index is -1.00. The molecular weight excluding hydrogens is 1010 g/mol. The summed E-state index contributed by atoms with van der Waals surface area (Å²) in [7, 11) is 1.73. The molecule has 3 unspecified atom stereocenters. The number of aromatic hydroxyl groups is 1. The Bertz CT molecular complexity index is 3510. The fraction of sp³-hybridized carbons (Fsp3) is 0.542. The summed E-state index contributed by atoms with van der Waals surface area (Å²) in [5, 5.41) is 25.7. The van der Waals surface area contributed by atoms with Crippen LogP contribution in [0.4, 0.5) is 19.4 Å². The van der Waals surface area contributed by atoms with Crippen molar-refractivity contribution < 1.29 is 42.9 Å². The second-order valence-electron chi connectivity index (χ2n) is 24.0. The number of pyridine rings is 1. The molecule has 3 aromatic carbocycles. The van der Waals surface area contributed by atoms with Gasteiger partial charge in [-0.2, -0.15) is 9.97 Å². The van der Waals surface area contributed by atoms with Crippen molar-refractivity contribution >= 4 is 56.4 Å². The van der Waals surface area contributed by atoms with E-state index in [0.29, 0.717) is 102 Å². The molecule has 0 spiro atoms. The van der Waals surface area contributed by atoms with E-state index in [2.05, 4.69) is 32.2 Å². The van der Waals surface area contributed by atoms with Gasteiger partial charge < -0.3 is 34.4 Å². The molecule has 79 heavy (non-hydrogen) atoms. The number of imide groups is 1. The molecule has 6 aliphatic heterocycles. The molecule has 9 heterocycles. The lowest BCUT2D eigenvalue weighted by molar-refractivity contribution is -0.135. The van der Waals surface area contributed by atoms with E-state index in [1.165, 1.54) is 34.5 Å². The standard InChI is InChI=1S/C59H68F2N10O8/c1-4-38-44(60)9-7-35-23-37(72)25-39(49(35)38)51-50(61)52-40(26-62-51)53(68-19-5-16-58(2,77)31-68)65-55(64-52)79-32-59-17-6-20-70(59)36(13-18-59)30-78-57(76)69-28-42-41(43(42)29-69)27-67-21-14-33(15-22-67)34-8-10-45-47(24-34)66(3)56(75)71(45)46-11-12-48(73)63-54(46)74/h7-10,23-26,33,36,41-43,46,72,77H,4-6,11-22,27-32H2,1-3H3,(H,63,73,74)/t36-,41?,42?,43?,46?,58+,59-/m0/s1. The molecule has 0 radical (unpaired) electrons. The van der Waals surface area contributed by atoms with Crippen LogP contribution in [0.15, 0.2) is 53.5 Å². The van der Waals surface area contributed by atoms with Crippen LogP contribution in [-0.4, -0.2) is 150 Å². The Labute approximate surface area is 455 Å². The summed E-state index contributed by atoms with van der Waals surface area (Å²) in [4.78, 5) is 74.4. The number of likely N-dealkylation sites (tertiary alicyclic amines) is 2. The lowest BCUT2D eigenvalue weighted by atomic mass is 9.89. The van der Waals surface area contributed by atoms with E-state index < -0.39 is 29.2 Å². The summed E-state index contributed by atoms with van der Waals surface area (Å²) in [5.74, 6) is 0.214. The Hall–Kier alpha value is -6.77. The Morgan fingerprint density at radius 3 is 2.49 bits per heavy atom. The van der Waals surface area contributed by atoms with Crippen LogP contribution in [0.25, 0.3) is 44.0 Å². The number of carbonyl (C=O) groups excluding carboxylic acids is 3. The largest absolute Gasteiger partial charge is 0.508 e. The van der Waals surface area contributed by atoms with Gasteiger partial charge in [0.1, 0.15) is 47.9 Å². The maximum Gasteiger partial charge on any atom is 0.409 e. The number of hydrogen-bond acceptors (Lipinski definition) is 14. The van der Waals surface area contributed by atoms with E-state index in [-0.39, 0.29) is 84.0 Å². The highest BCUT2D eigenvalue weighted by Crippen LogP contribution is 2.53. The Morgan fingerprint density at radius 2 is 1.72 bits per heavy atom. The van der Waals surface area contributed by atoms with E-state index in [1.807, 2.05) is 22.8 Å². The number of phenols is 1. The monoisotopic (exact) mass is 1080 g/mol. The number of imidazole rings is 1. The zero-order valence-electron chi connectivity index (χ0n) is 45.1. The molecule has 1 aliphatic carbocycles. The van der Waals surface area contributed by atoms with Gasteiger partial charge >= 0.3 is 17.8 Å². The third-order valence-corrected chi connectivity index (χ3v) is 19.1. The van der Waals surface area contributed by atoms with Crippen LogP contribution >= 0.6 is 0 Å². The molecule has 3 amide bonds. The van der Waals surface area contributed by atoms with E-state index in [0.717, 1.165) is 70.2 Å². The minimum Gasteiger partial charge on any atom is -0.508 e. The SMILES string of the molecule is CCc1c(F)ccc2cc(O)cc(-c3ncc4c(N5CCC[C@@](C)(O)C5)nc(OC[C@@]56CCCN5[C@H](COC(=O)N5CC7C(CN8CCC(c9ccc%10c(c9)n(C)c(=O)n%10C9CCC(=O)NC9=O)CC8)C7C5)CC6)nc4c3F)c12. The normalized spacial score (nSPS) is 27.5. The molecule has 7 aliphatic rings. The van der Waals surface area contributed by atoms with Crippen molar-refractivity contribution in [1.29, 1.82) is 0 Å². The smallest absolute Gasteiger partial charge is 0.409 e. The summed E-state index contributed by atoms with van der Waals surface area (Å²) in [6, 6.07) is 11.3. The van der Waals surface area contributed by atoms with Crippen LogP contribution in [0, 0.1) is 29.4 Å². The van der Waals surface area contributed by atoms with E-state index in [4.69, 9.17) is 19.4 Å². The Kier molecular flexibility index (Phi) is 12.9. The number of rotatable bonds is 12.